The maximum Gasteiger partial charge on any atom is 0.244 e. The second-order valence-electron chi connectivity index (χ2n) is 10.9. The summed E-state index contributed by atoms with van der Waals surface area (Å²) in [6.45, 7) is 3.59. The van der Waals surface area contributed by atoms with Gasteiger partial charge in [-0.3, -0.25) is 13.9 Å². The van der Waals surface area contributed by atoms with Gasteiger partial charge < -0.3 is 10.2 Å². The normalized spacial score (nSPS) is 14.4. The van der Waals surface area contributed by atoms with Crippen molar-refractivity contribution in [1.82, 2.24) is 10.2 Å². The highest BCUT2D eigenvalue weighted by Gasteiger charge is 2.34. The molecule has 3 aromatic carbocycles. The van der Waals surface area contributed by atoms with Crippen molar-refractivity contribution in [3.8, 4) is 0 Å². The van der Waals surface area contributed by atoms with Gasteiger partial charge in [0.25, 0.3) is 0 Å². The minimum absolute atomic E-state index is 0.0787. The molecule has 1 fully saturated rings. The van der Waals surface area contributed by atoms with Crippen LogP contribution in [0.4, 0.5) is 5.69 Å². The van der Waals surface area contributed by atoms with Crippen molar-refractivity contribution in [2.24, 2.45) is 0 Å². The van der Waals surface area contributed by atoms with Crippen LogP contribution in [0.2, 0.25) is 0 Å². The maximum atomic E-state index is 14.2. The van der Waals surface area contributed by atoms with E-state index in [4.69, 9.17) is 0 Å². The number of aryl methyl sites for hydroxylation is 2. The number of anilines is 1. The first-order chi connectivity index (χ1) is 19.5. The minimum atomic E-state index is -3.81. The molecule has 3 aromatic rings. The second kappa shape index (κ2) is 13.7. The van der Waals surface area contributed by atoms with E-state index in [0.717, 1.165) is 63.0 Å². The summed E-state index contributed by atoms with van der Waals surface area (Å²) in [6.07, 6.45) is 5.37. The largest absolute Gasteiger partial charge is 0.352 e. The van der Waals surface area contributed by atoms with Crippen LogP contribution in [0.3, 0.4) is 0 Å². The van der Waals surface area contributed by atoms with Crippen molar-refractivity contribution in [3.63, 3.8) is 0 Å². The smallest absolute Gasteiger partial charge is 0.244 e. The molecule has 0 saturated heterocycles. The molecule has 0 radical (unpaired) electrons. The Bertz CT molecular complexity index is 1470. The van der Waals surface area contributed by atoms with Crippen molar-refractivity contribution in [1.29, 1.82) is 0 Å². The van der Waals surface area contributed by atoms with E-state index in [-0.39, 0.29) is 18.5 Å². The molecule has 0 bridgehead atoms. The van der Waals surface area contributed by atoms with Crippen LogP contribution in [0.25, 0.3) is 0 Å². The van der Waals surface area contributed by atoms with E-state index in [0.29, 0.717) is 12.1 Å². The fraction of sp³-hybridized carbons (Fsp3) is 0.375. The van der Waals surface area contributed by atoms with Crippen LogP contribution in [0.1, 0.15) is 47.9 Å². The van der Waals surface area contributed by atoms with E-state index < -0.39 is 28.5 Å². The van der Waals surface area contributed by atoms with E-state index in [2.05, 4.69) is 21.2 Å². The third-order valence-corrected chi connectivity index (χ3v) is 9.55. The van der Waals surface area contributed by atoms with Crippen LogP contribution in [-0.2, 0) is 32.6 Å². The predicted octanol–water partition coefficient (Wildman–Crippen LogP) is 5.53. The van der Waals surface area contributed by atoms with Crippen molar-refractivity contribution < 1.29 is 18.0 Å². The molecule has 1 saturated carbocycles. The van der Waals surface area contributed by atoms with Gasteiger partial charge in [0.1, 0.15) is 12.6 Å². The Hall–Kier alpha value is -3.17. The minimum Gasteiger partial charge on any atom is -0.352 e. The zero-order valence-electron chi connectivity index (χ0n) is 23.8. The number of halogens is 1. The van der Waals surface area contributed by atoms with Crippen molar-refractivity contribution >= 4 is 43.5 Å². The first kappa shape index (κ1) is 30.8. The Morgan fingerprint density at radius 2 is 1.63 bits per heavy atom. The van der Waals surface area contributed by atoms with Crippen molar-refractivity contribution in [2.45, 2.75) is 64.6 Å². The standard InChI is InChI=1S/C32H38BrN3O4S/c1-23-10-9-13-26(18-23)21-35(31(37)22-36(41(3,39)40)28-16-17-29(33)24(2)19-28)30(20-25-11-5-4-6-12-25)32(38)34-27-14-7-8-15-27/h4-6,9-13,16-19,27,30H,7-8,14-15,20-22H2,1-3H3,(H,34,38)/t30-/m1/s1. The van der Waals surface area contributed by atoms with Crippen LogP contribution >= 0.6 is 15.9 Å². The number of amides is 2. The summed E-state index contributed by atoms with van der Waals surface area (Å²) in [7, 11) is -3.81. The lowest BCUT2D eigenvalue weighted by Crippen LogP contribution is -2.54. The van der Waals surface area contributed by atoms with Gasteiger partial charge in [0.05, 0.1) is 11.9 Å². The SMILES string of the molecule is Cc1cccc(CN(C(=O)CN(c2ccc(Br)c(C)c2)S(C)(=O)=O)[C@H](Cc2ccccc2)C(=O)NC2CCCC2)c1. The fourth-order valence-electron chi connectivity index (χ4n) is 5.33. The molecule has 4 rings (SSSR count). The lowest BCUT2D eigenvalue weighted by atomic mass is 10.0. The quantitative estimate of drug-likeness (QED) is 0.299. The molecule has 0 aromatic heterocycles. The summed E-state index contributed by atoms with van der Waals surface area (Å²) in [5, 5.41) is 3.19. The third kappa shape index (κ3) is 8.42. The highest BCUT2D eigenvalue weighted by molar-refractivity contribution is 9.10. The molecule has 9 heteroatoms. The molecule has 0 unspecified atom stereocenters. The molecule has 41 heavy (non-hydrogen) atoms. The lowest BCUT2D eigenvalue weighted by Gasteiger charge is -2.34. The third-order valence-electron chi connectivity index (χ3n) is 7.52. The van der Waals surface area contributed by atoms with Gasteiger partial charge in [-0.15, -0.1) is 0 Å². The van der Waals surface area contributed by atoms with Gasteiger partial charge in [-0.05, 0) is 61.6 Å². The number of carbonyl (C=O) groups is 2. The molecular weight excluding hydrogens is 602 g/mol. The number of nitrogens with one attached hydrogen (secondary N) is 1. The highest BCUT2D eigenvalue weighted by atomic mass is 79.9. The Kier molecular flexibility index (Phi) is 10.3. The summed E-state index contributed by atoms with van der Waals surface area (Å²) in [6, 6.07) is 21.9. The molecule has 1 aliphatic carbocycles. The van der Waals surface area contributed by atoms with Gasteiger partial charge in [0.2, 0.25) is 21.8 Å². The molecular formula is C32H38BrN3O4S. The first-order valence-electron chi connectivity index (χ1n) is 13.9. The number of sulfonamides is 1. The van der Waals surface area contributed by atoms with Gasteiger partial charge in [0, 0.05) is 23.5 Å². The van der Waals surface area contributed by atoms with E-state index in [1.54, 1.807) is 23.1 Å². The van der Waals surface area contributed by atoms with Gasteiger partial charge in [-0.2, -0.15) is 0 Å². The monoisotopic (exact) mass is 639 g/mol. The van der Waals surface area contributed by atoms with Crippen molar-refractivity contribution in [2.75, 3.05) is 17.1 Å². The van der Waals surface area contributed by atoms with Gasteiger partial charge in [-0.1, -0.05) is 88.9 Å². The summed E-state index contributed by atoms with van der Waals surface area (Å²) in [4.78, 5) is 29.7. The Morgan fingerprint density at radius 1 is 0.951 bits per heavy atom. The number of hydrogen-bond acceptors (Lipinski definition) is 4. The zero-order chi connectivity index (χ0) is 29.6. The second-order valence-corrected chi connectivity index (χ2v) is 13.7. The molecule has 7 nitrogen and oxygen atoms in total. The van der Waals surface area contributed by atoms with E-state index in [1.165, 1.54) is 0 Å². The fourth-order valence-corrected chi connectivity index (χ4v) is 6.41. The molecule has 1 aliphatic rings. The van der Waals surface area contributed by atoms with E-state index in [9.17, 15) is 18.0 Å². The molecule has 218 valence electrons. The topological polar surface area (TPSA) is 86.8 Å². The van der Waals surface area contributed by atoms with E-state index >= 15 is 0 Å². The van der Waals surface area contributed by atoms with Crippen LogP contribution in [0, 0.1) is 13.8 Å². The zero-order valence-corrected chi connectivity index (χ0v) is 26.2. The number of nitrogens with zero attached hydrogens (tertiary/aromatic N) is 2. The number of hydrogen-bond donors (Lipinski definition) is 1. The number of benzene rings is 3. The molecule has 0 aliphatic heterocycles. The molecule has 1 atom stereocenters. The number of carbonyl (C=O) groups excluding carboxylic acids is 2. The molecule has 0 heterocycles. The molecule has 1 N–H and O–H groups in total. The first-order valence-corrected chi connectivity index (χ1v) is 16.6. The Labute approximate surface area is 252 Å². The van der Waals surface area contributed by atoms with Crippen molar-refractivity contribution in [3.05, 3.63) is 99.5 Å². The van der Waals surface area contributed by atoms with Crippen LogP contribution in [0.5, 0.6) is 0 Å². The van der Waals surface area contributed by atoms with Gasteiger partial charge in [-0.25, -0.2) is 8.42 Å². The summed E-state index contributed by atoms with van der Waals surface area (Å²) in [5.74, 6) is -0.660. The van der Waals surface area contributed by atoms with E-state index in [1.807, 2.05) is 68.4 Å². The van der Waals surface area contributed by atoms with Crippen LogP contribution in [0.15, 0.2) is 77.3 Å². The van der Waals surface area contributed by atoms with Crippen LogP contribution in [-0.4, -0.2) is 50.0 Å². The highest BCUT2D eigenvalue weighted by Crippen LogP contribution is 2.26. The summed E-state index contributed by atoms with van der Waals surface area (Å²) < 4.78 is 27.9. The Balaban J connectivity index is 1.73. The molecule has 2 amide bonds. The van der Waals surface area contributed by atoms with Gasteiger partial charge in [0.15, 0.2) is 0 Å². The lowest BCUT2D eigenvalue weighted by molar-refractivity contribution is -0.140. The van der Waals surface area contributed by atoms with Crippen LogP contribution < -0.4 is 9.62 Å². The summed E-state index contributed by atoms with van der Waals surface area (Å²) in [5.41, 5.74) is 4.07. The number of rotatable bonds is 11. The average Bonchev–Trinajstić information content (AvgIpc) is 3.44. The van der Waals surface area contributed by atoms with Gasteiger partial charge >= 0.3 is 0 Å². The maximum absolute atomic E-state index is 14.2. The Morgan fingerprint density at radius 3 is 2.27 bits per heavy atom. The molecule has 0 spiro atoms. The summed E-state index contributed by atoms with van der Waals surface area (Å²) >= 11 is 3.46. The average molecular weight is 641 g/mol. The predicted molar refractivity (Wildman–Crippen MR) is 167 cm³/mol.